The number of fused-ring (bicyclic) bond motifs is 9. The second-order valence-corrected chi connectivity index (χ2v) is 24.3. The Bertz CT molecular complexity index is 1130. The van der Waals surface area contributed by atoms with Crippen LogP contribution in [0.2, 0.25) is 0 Å². The van der Waals surface area contributed by atoms with Gasteiger partial charge in [0, 0.05) is 72.5 Å². The van der Waals surface area contributed by atoms with Crippen LogP contribution in [-0.4, -0.2) is 92.1 Å². The summed E-state index contributed by atoms with van der Waals surface area (Å²) in [6.45, 7) is 0. The van der Waals surface area contributed by atoms with Crippen LogP contribution in [0.5, 0.6) is 0 Å². The van der Waals surface area contributed by atoms with Crippen molar-refractivity contribution in [2.45, 2.75) is 304 Å². The lowest BCUT2D eigenvalue weighted by Crippen LogP contribution is -2.57. The summed E-state index contributed by atoms with van der Waals surface area (Å²) in [6, 6.07) is 11.1. The monoisotopic (exact) mass is 795 g/mol. The molecule has 0 aromatic rings. The highest BCUT2D eigenvalue weighted by atomic mass is 15.3. The average molecular weight is 795 g/mol. The molecule has 12 fully saturated rings. The maximum Gasteiger partial charge on any atom is 0.0133 e. The van der Waals surface area contributed by atoms with Crippen LogP contribution in [-0.2, 0) is 0 Å². The molecule has 3 saturated heterocycles. The molecule has 0 N–H and O–H groups in total. The lowest BCUT2D eigenvalue weighted by atomic mass is 9.73. The fourth-order valence-corrected chi connectivity index (χ4v) is 20.3. The van der Waals surface area contributed by atoms with Gasteiger partial charge >= 0.3 is 0 Å². The Morgan fingerprint density at radius 2 is 0.397 bits per heavy atom. The molecule has 12 unspecified atom stereocenters. The van der Waals surface area contributed by atoms with E-state index >= 15 is 0 Å². The summed E-state index contributed by atoms with van der Waals surface area (Å²) >= 11 is 0. The first-order valence-corrected chi connectivity index (χ1v) is 27.9. The summed E-state index contributed by atoms with van der Waals surface area (Å²) in [5.74, 6) is 6.36. The highest BCUT2D eigenvalue weighted by Gasteiger charge is 2.56. The maximum atomic E-state index is 3.40. The van der Waals surface area contributed by atoms with E-state index in [4.69, 9.17) is 0 Å². The van der Waals surface area contributed by atoms with Crippen molar-refractivity contribution in [1.82, 2.24) is 19.6 Å². The topological polar surface area (TPSA) is 13.0 Å². The molecule has 3 heterocycles. The molecule has 4 nitrogen and oxygen atoms in total. The lowest BCUT2D eigenvalue weighted by molar-refractivity contribution is -0.0296. The van der Waals surface area contributed by atoms with Crippen LogP contribution in [0.15, 0.2) is 0 Å². The highest BCUT2D eigenvalue weighted by Crippen LogP contribution is 2.55. The maximum absolute atomic E-state index is 3.40. The third-order valence-corrected chi connectivity index (χ3v) is 22.2. The highest BCUT2D eigenvalue weighted by molar-refractivity contribution is 5.10. The first kappa shape index (κ1) is 39.4. The van der Waals surface area contributed by atoms with Gasteiger partial charge in [-0.1, -0.05) is 77.0 Å². The minimum atomic E-state index is 0.876. The van der Waals surface area contributed by atoms with Crippen LogP contribution in [0, 0.1) is 35.5 Å². The van der Waals surface area contributed by atoms with Crippen LogP contribution in [0.25, 0.3) is 0 Å². The number of likely N-dealkylation sites (tertiary alicyclic amines) is 3. The van der Waals surface area contributed by atoms with E-state index in [-0.39, 0.29) is 0 Å². The third kappa shape index (κ3) is 6.91. The molecular formula is C54H90N4. The molecule has 12 atom stereocenters. The molecule has 0 bridgehead atoms. The van der Waals surface area contributed by atoms with Gasteiger partial charge in [-0.25, -0.2) is 0 Å². The van der Waals surface area contributed by atoms with E-state index in [1.54, 1.807) is 38.5 Å². The van der Waals surface area contributed by atoms with E-state index in [0.29, 0.717) is 0 Å². The van der Waals surface area contributed by atoms with Gasteiger partial charge < -0.3 is 0 Å². The fourth-order valence-electron chi connectivity index (χ4n) is 20.3. The molecule has 9 aliphatic carbocycles. The quantitative estimate of drug-likeness (QED) is 0.265. The summed E-state index contributed by atoms with van der Waals surface area (Å²) in [7, 11) is 0. The van der Waals surface area contributed by atoms with Gasteiger partial charge in [-0.15, -0.1) is 0 Å². The minimum absolute atomic E-state index is 0.876. The van der Waals surface area contributed by atoms with Crippen molar-refractivity contribution in [3.05, 3.63) is 0 Å². The van der Waals surface area contributed by atoms with Crippen molar-refractivity contribution in [3.63, 3.8) is 0 Å². The molecule has 4 heteroatoms. The Kier molecular flexibility index (Phi) is 11.6. The van der Waals surface area contributed by atoms with Gasteiger partial charge in [-0.05, 0) is 190 Å². The Hall–Kier alpha value is -0.160. The van der Waals surface area contributed by atoms with Crippen molar-refractivity contribution in [2.75, 3.05) is 0 Å². The normalized spacial score (nSPS) is 51.7. The van der Waals surface area contributed by atoms with E-state index < -0.39 is 0 Å². The Balaban J connectivity index is 0.758. The molecule has 0 amide bonds. The number of nitrogens with zero attached hydrogens (tertiary/aromatic N) is 4. The van der Waals surface area contributed by atoms with E-state index in [2.05, 4.69) is 19.6 Å². The molecule has 58 heavy (non-hydrogen) atoms. The molecule has 12 rings (SSSR count). The summed E-state index contributed by atoms with van der Waals surface area (Å²) in [5, 5.41) is 0. The van der Waals surface area contributed by atoms with Gasteiger partial charge in [-0.3, -0.25) is 19.6 Å². The van der Waals surface area contributed by atoms with E-state index in [9.17, 15) is 0 Å². The minimum Gasteiger partial charge on any atom is -0.294 e. The number of hydrogen-bond donors (Lipinski definition) is 0. The third-order valence-electron chi connectivity index (χ3n) is 22.2. The van der Waals surface area contributed by atoms with Gasteiger partial charge in [0.1, 0.15) is 0 Å². The number of rotatable bonds is 6. The van der Waals surface area contributed by atoms with Crippen LogP contribution in [0.4, 0.5) is 0 Å². The molecule has 3 aliphatic heterocycles. The SMILES string of the molecule is C1CCC2C(C1)C1CCCCC1N2C1CCC(N(C2CCC(N3C4CCCCC4C4CCCCC43)CC2)C2CCC(N3C4CCCCC4C4CCCCC43)CC2)CC1. The zero-order valence-electron chi connectivity index (χ0n) is 37.6. The molecular weight excluding hydrogens is 705 g/mol. The lowest BCUT2D eigenvalue weighted by Gasteiger charge is -2.53. The zero-order valence-corrected chi connectivity index (χ0v) is 37.6. The first-order chi connectivity index (χ1) is 28.8. The van der Waals surface area contributed by atoms with Crippen molar-refractivity contribution in [2.24, 2.45) is 35.5 Å². The zero-order chi connectivity index (χ0) is 38.2. The van der Waals surface area contributed by atoms with Gasteiger partial charge in [0.15, 0.2) is 0 Å². The predicted molar refractivity (Wildman–Crippen MR) is 240 cm³/mol. The van der Waals surface area contributed by atoms with E-state index in [0.717, 1.165) is 108 Å². The Morgan fingerprint density at radius 1 is 0.207 bits per heavy atom. The smallest absolute Gasteiger partial charge is 0.0133 e. The largest absolute Gasteiger partial charge is 0.294 e. The van der Waals surface area contributed by atoms with Crippen molar-refractivity contribution >= 4 is 0 Å². The predicted octanol–water partition coefficient (Wildman–Crippen LogP) is 12.5. The molecule has 0 aromatic carbocycles. The van der Waals surface area contributed by atoms with Crippen molar-refractivity contribution < 1.29 is 0 Å². The van der Waals surface area contributed by atoms with Crippen LogP contribution in [0.1, 0.15) is 231 Å². The van der Waals surface area contributed by atoms with Gasteiger partial charge in [0.2, 0.25) is 0 Å². The molecule has 326 valence electrons. The van der Waals surface area contributed by atoms with Crippen LogP contribution < -0.4 is 0 Å². The van der Waals surface area contributed by atoms with Crippen molar-refractivity contribution in [3.8, 4) is 0 Å². The summed E-state index contributed by atoms with van der Waals surface area (Å²) in [6.07, 6.45) is 55.2. The Morgan fingerprint density at radius 3 is 0.603 bits per heavy atom. The van der Waals surface area contributed by atoms with Gasteiger partial charge in [-0.2, -0.15) is 0 Å². The summed E-state index contributed by atoms with van der Waals surface area (Å²) in [5.41, 5.74) is 0. The molecule has 0 aromatic heterocycles. The molecule has 0 radical (unpaired) electrons. The average Bonchev–Trinajstić information content (AvgIpc) is 3.93. The molecule has 9 saturated carbocycles. The second kappa shape index (κ2) is 17.1. The van der Waals surface area contributed by atoms with Crippen molar-refractivity contribution in [1.29, 1.82) is 0 Å². The van der Waals surface area contributed by atoms with Gasteiger partial charge in [0.25, 0.3) is 0 Å². The van der Waals surface area contributed by atoms with Crippen LogP contribution in [0.3, 0.4) is 0 Å². The number of hydrogen-bond acceptors (Lipinski definition) is 4. The molecule has 12 aliphatic rings. The Labute approximate surface area is 357 Å². The first-order valence-electron chi connectivity index (χ1n) is 27.9. The second-order valence-electron chi connectivity index (χ2n) is 24.3. The molecule has 0 spiro atoms. The fraction of sp³-hybridized carbons (Fsp3) is 1.00. The standard InChI is InChI=1S/C54H90N4/c1-7-19-49-43(13-1)44-14-2-8-20-50(44)56(49)40-31-25-37(26-32-40)55(38-27-33-41(34-28-38)57-51-21-9-3-15-45(51)46-16-4-10-22-52(46)57)39-29-35-42(36-30-39)58-53-23-11-5-17-47(53)48-18-6-12-24-54(48)58/h37-54H,1-36H2. The van der Waals surface area contributed by atoms with E-state index in [1.165, 1.54) is 193 Å². The van der Waals surface area contributed by atoms with Gasteiger partial charge in [0.05, 0.1) is 0 Å². The van der Waals surface area contributed by atoms with Crippen LogP contribution >= 0.6 is 0 Å². The summed E-state index contributed by atoms with van der Waals surface area (Å²) < 4.78 is 0. The van der Waals surface area contributed by atoms with E-state index in [1.807, 2.05) is 0 Å². The summed E-state index contributed by atoms with van der Waals surface area (Å²) in [4.78, 5) is 13.3.